The van der Waals surface area contributed by atoms with Crippen molar-refractivity contribution in [2.45, 2.75) is 0 Å². The number of benzene rings is 2. The van der Waals surface area contributed by atoms with Gasteiger partial charge in [-0.05, 0) is 24.3 Å². The molecule has 1 amide bonds. The minimum absolute atomic E-state index is 0.0189. The van der Waals surface area contributed by atoms with Crippen LogP contribution in [-0.2, 0) is 4.79 Å². The molecular weight excluding hydrogens is 339 g/mol. The molecule has 0 aliphatic rings. The lowest BCUT2D eigenvalue weighted by atomic mass is 10.2. The molecule has 0 aliphatic carbocycles. The summed E-state index contributed by atoms with van der Waals surface area (Å²) in [7, 11) is 3.12. The zero-order valence-electron chi connectivity index (χ0n) is 12.7. The fraction of sp³-hybridized carbons (Fsp3) is 0.188. The highest BCUT2D eigenvalue weighted by atomic mass is 35.5. The van der Waals surface area contributed by atoms with Gasteiger partial charge in [0.25, 0.3) is 0 Å². The van der Waals surface area contributed by atoms with E-state index in [-0.39, 0.29) is 12.5 Å². The summed E-state index contributed by atoms with van der Waals surface area (Å²) in [5.74, 6) is 0.974. The molecule has 122 valence electrons. The summed E-state index contributed by atoms with van der Waals surface area (Å²) in [6.45, 7) is 0.0189. The second-order valence-corrected chi connectivity index (χ2v) is 5.38. The van der Waals surface area contributed by atoms with Gasteiger partial charge in [-0.1, -0.05) is 29.3 Å². The first-order valence-corrected chi connectivity index (χ1v) is 7.50. The number of ether oxygens (including phenoxy) is 2. The van der Waals surface area contributed by atoms with Gasteiger partial charge in [0.15, 0.2) is 0 Å². The van der Waals surface area contributed by atoms with E-state index >= 15 is 0 Å². The lowest BCUT2D eigenvalue weighted by Gasteiger charge is -2.13. The van der Waals surface area contributed by atoms with Crippen LogP contribution in [0, 0.1) is 0 Å². The monoisotopic (exact) mass is 354 g/mol. The van der Waals surface area contributed by atoms with Gasteiger partial charge in [0.1, 0.15) is 11.5 Å². The van der Waals surface area contributed by atoms with Crippen LogP contribution in [-0.4, -0.2) is 26.7 Å². The predicted octanol–water partition coefficient (Wildman–Crippen LogP) is 4.06. The summed E-state index contributed by atoms with van der Waals surface area (Å²) in [5.41, 5.74) is 1.03. The van der Waals surface area contributed by atoms with Crippen molar-refractivity contribution < 1.29 is 14.3 Å². The molecule has 23 heavy (non-hydrogen) atoms. The standard InChI is InChI=1S/C16H16Cl2N2O3/c1-22-10-6-7-14(23-2)13(8-10)19-9-15(21)20-16-11(17)4-3-5-12(16)18/h3-8,19H,9H2,1-2H3,(H,20,21). The van der Waals surface area contributed by atoms with Crippen molar-refractivity contribution >= 4 is 40.5 Å². The first-order chi connectivity index (χ1) is 11.0. The van der Waals surface area contributed by atoms with E-state index in [1.165, 1.54) is 0 Å². The zero-order valence-corrected chi connectivity index (χ0v) is 14.2. The molecule has 0 aliphatic heterocycles. The quantitative estimate of drug-likeness (QED) is 0.820. The number of carbonyl (C=O) groups excluding carboxylic acids is 1. The van der Waals surface area contributed by atoms with Crippen molar-refractivity contribution in [1.82, 2.24) is 0 Å². The maximum Gasteiger partial charge on any atom is 0.243 e. The lowest BCUT2D eigenvalue weighted by Crippen LogP contribution is -2.22. The van der Waals surface area contributed by atoms with Crippen LogP contribution in [0.4, 0.5) is 11.4 Å². The molecule has 0 radical (unpaired) electrons. The molecule has 7 heteroatoms. The second-order valence-electron chi connectivity index (χ2n) is 4.56. The molecule has 0 unspecified atom stereocenters. The molecular formula is C16H16Cl2N2O3. The van der Waals surface area contributed by atoms with Crippen molar-refractivity contribution in [3.63, 3.8) is 0 Å². The van der Waals surface area contributed by atoms with Crippen molar-refractivity contribution in [3.05, 3.63) is 46.4 Å². The average molecular weight is 355 g/mol. The van der Waals surface area contributed by atoms with Gasteiger partial charge < -0.3 is 20.1 Å². The Bertz CT molecular complexity index is 687. The van der Waals surface area contributed by atoms with Gasteiger partial charge in [0, 0.05) is 6.07 Å². The van der Waals surface area contributed by atoms with Crippen LogP contribution in [0.3, 0.4) is 0 Å². The Hall–Kier alpha value is -2.11. The molecule has 5 nitrogen and oxygen atoms in total. The number of anilines is 2. The van der Waals surface area contributed by atoms with Crippen LogP contribution in [0.25, 0.3) is 0 Å². The Balaban J connectivity index is 2.05. The number of hydrogen-bond donors (Lipinski definition) is 2. The molecule has 0 aromatic heterocycles. The van der Waals surface area contributed by atoms with E-state index in [0.717, 1.165) is 0 Å². The van der Waals surface area contributed by atoms with Crippen molar-refractivity contribution in [2.24, 2.45) is 0 Å². The van der Waals surface area contributed by atoms with Gasteiger partial charge in [-0.3, -0.25) is 4.79 Å². The Kier molecular flexibility index (Phi) is 5.96. The van der Waals surface area contributed by atoms with Gasteiger partial charge in [-0.15, -0.1) is 0 Å². The highest BCUT2D eigenvalue weighted by molar-refractivity contribution is 6.39. The van der Waals surface area contributed by atoms with Crippen LogP contribution >= 0.6 is 23.2 Å². The molecule has 0 heterocycles. The first-order valence-electron chi connectivity index (χ1n) is 6.75. The number of carbonyl (C=O) groups is 1. The minimum atomic E-state index is -0.287. The Morgan fingerprint density at radius 2 is 1.78 bits per heavy atom. The Morgan fingerprint density at radius 3 is 2.39 bits per heavy atom. The Morgan fingerprint density at radius 1 is 1.09 bits per heavy atom. The number of halogens is 2. The largest absolute Gasteiger partial charge is 0.497 e. The molecule has 0 saturated carbocycles. The number of methoxy groups -OCH3 is 2. The normalized spacial score (nSPS) is 10.1. The molecule has 0 bridgehead atoms. The van der Waals surface area contributed by atoms with Crippen LogP contribution in [0.5, 0.6) is 11.5 Å². The molecule has 0 fully saturated rings. The topological polar surface area (TPSA) is 59.6 Å². The summed E-state index contributed by atoms with van der Waals surface area (Å²) >= 11 is 12.0. The van der Waals surface area contributed by atoms with Crippen LogP contribution in [0.1, 0.15) is 0 Å². The van der Waals surface area contributed by atoms with E-state index in [1.807, 2.05) is 0 Å². The van der Waals surface area contributed by atoms with Gasteiger partial charge >= 0.3 is 0 Å². The molecule has 2 aromatic rings. The van der Waals surface area contributed by atoms with Gasteiger partial charge in [0.2, 0.25) is 5.91 Å². The summed E-state index contributed by atoms with van der Waals surface area (Å²) < 4.78 is 10.4. The third kappa shape index (κ3) is 4.43. The summed E-state index contributed by atoms with van der Waals surface area (Å²) in [4.78, 5) is 12.1. The molecule has 2 rings (SSSR count). The highest BCUT2D eigenvalue weighted by Crippen LogP contribution is 2.30. The van der Waals surface area contributed by atoms with E-state index in [2.05, 4.69) is 10.6 Å². The molecule has 2 N–H and O–H groups in total. The van der Waals surface area contributed by atoms with Crippen LogP contribution < -0.4 is 20.1 Å². The van der Waals surface area contributed by atoms with E-state index in [0.29, 0.717) is 32.9 Å². The van der Waals surface area contributed by atoms with E-state index in [4.69, 9.17) is 32.7 Å². The third-order valence-electron chi connectivity index (χ3n) is 3.07. The number of hydrogen-bond acceptors (Lipinski definition) is 4. The summed E-state index contributed by atoms with van der Waals surface area (Å²) in [6.07, 6.45) is 0. The highest BCUT2D eigenvalue weighted by Gasteiger charge is 2.11. The molecule has 0 spiro atoms. The van der Waals surface area contributed by atoms with Crippen molar-refractivity contribution in [3.8, 4) is 11.5 Å². The van der Waals surface area contributed by atoms with Crippen molar-refractivity contribution in [2.75, 3.05) is 31.4 Å². The van der Waals surface area contributed by atoms with E-state index < -0.39 is 0 Å². The average Bonchev–Trinajstić information content (AvgIpc) is 2.56. The number of nitrogens with one attached hydrogen (secondary N) is 2. The van der Waals surface area contributed by atoms with Crippen LogP contribution in [0.2, 0.25) is 10.0 Å². The molecule has 0 saturated heterocycles. The SMILES string of the molecule is COc1ccc(OC)c(NCC(=O)Nc2c(Cl)cccc2Cl)c1. The van der Waals surface area contributed by atoms with E-state index in [1.54, 1.807) is 50.6 Å². The number of rotatable bonds is 6. The summed E-state index contributed by atoms with van der Waals surface area (Å²) in [6, 6.07) is 10.3. The summed E-state index contributed by atoms with van der Waals surface area (Å²) in [5, 5.41) is 6.43. The van der Waals surface area contributed by atoms with Gasteiger partial charge in [-0.2, -0.15) is 0 Å². The Labute approximate surface area is 144 Å². The fourth-order valence-electron chi connectivity index (χ4n) is 1.93. The van der Waals surface area contributed by atoms with Gasteiger partial charge in [0.05, 0.1) is 42.2 Å². The van der Waals surface area contributed by atoms with E-state index in [9.17, 15) is 4.79 Å². The number of para-hydroxylation sites is 1. The molecule has 0 atom stereocenters. The number of amides is 1. The molecule has 2 aromatic carbocycles. The van der Waals surface area contributed by atoms with Crippen LogP contribution in [0.15, 0.2) is 36.4 Å². The maximum absolute atomic E-state index is 12.1. The lowest BCUT2D eigenvalue weighted by molar-refractivity contribution is -0.114. The minimum Gasteiger partial charge on any atom is -0.497 e. The maximum atomic E-state index is 12.1. The second kappa shape index (κ2) is 7.94. The van der Waals surface area contributed by atoms with Crippen molar-refractivity contribution in [1.29, 1.82) is 0 Å². The smallest absolute Gasteiger partial charge is 0.243 e. The van der Waals surface area contributed by atoms with Gasteiger partial charge in [-0.25, -0.2) is 0 Å². The first kappa shape index (κ1) is 17.2. The predicted molar refractivity (Wildman–Crippen MR) is 93.1 cm³/mol. The fourth-order valence-corrected chi connectivity index (χ4v) is 2.42. The zero-order chi connectivity index (χ0) is 16.8. The third-order valence-corrected chi connectivity index (χ3v) is 3.70.